The van der Waals surface area contributed by atoms with Gasteiger partial charge >= 0.3 is 6.03 Å². The van der Waals surface area contributed by atoms with Gasteiger partial charge in [-0.2, -0.15) is 11.8 Å². The molecule has 0 unspecified atom stereocenters. The van der Waals surface area contributed by atoms with Gasteiger partial charge < -0.3 is 15.5 Å². The van der Waals surface area contributed by atoms with Crippen molar-refractivity contribution in [3.05, 3.63) is 53.7 Å². The van der Waals surface area contributed by atoms with E-state index in [2.05, 4.69) is 33.5 Å². The van der Waals surface area contributed by atoms with Crippen LogP contribution >= 0.6 is 11.8 Å². The fourth-order valence-electron chi connectivity index (χ4n) is 2.72. The minimum Gasteiger partial charge on any atom is -0.355 e. The maximum Gasteiger partial charge on any atom is 0.319 e. The molecule has 2 heterocycles. The molecule has 2 aromatic rings. The van der Waals surface area contributed by atoms with Crippen LogP contribution in [0.5, 0.6) is 0 Å². The van der Waals surface area contributed by atoms with Crippen molar-refractivity contribution >= 4 is 29.3 Å². The van der Waals surface area contributed by atoms with E-state index in [1.807, 2.05) is 48.3 Å². The van der Waals surface area contributed by atoms with Crippen LogP contribution in [0.4, 0.5) is 16.3 Å². The Morgan fingerprint density at radius 2 is 1.92 bits per heavy atom. The van der Waals surface area contributed by atoms with Crippen molar-refractivity contribution in [2.45, 2.75) is 19.9 Å². The van der Waals surface area contributed by atoms with Crippen LogP contribution in [0.3, 0.4) is 0 Å². The van der Waals surface area contributed by atoms with E-state index in [1.165, 1.54) is 5.56 Å². The molecule has 0 radical (unpaired) electrons. The lowest BCUT2D eigenvalue weighted by Gasteiger charge is -2.27. The molecule has 1 aromatic carbocycles. The van der Waals surface area contributed by atoms with Gasteiger partial charge in [0, 0.05) is 43.0 Å². The number of carbonyl (C=O) groups excluding carboxylic acids is 1. The predicted molar refractivity (Wildman–Crippen MR) is 105 cm³/mol. The summed E-state index contributed by atoms with van der Waals surface area (Å²) in [7, 11) is 0. The molecule has 1 aromatic heterocycles. The van der Waals surface area contributed by atoms with Crippen LogP contribution in [0, 0.1) is 0 Å². The van der Waals surface area contributed by atoms with Crippen LogP contribution < -0.4 is 15.5 Å². The number of anilines is 2. The molecule has 5 nitrogen and oxygen atoms in total. The third-order valence-electron chi connectivity index (χ3n) is 4.22. The number of hydrogen-bond donors (Lipinski definition) is 2. The Morgan fingerprint density at radius 3 is 2.64 bits per heavy atom. The van der Waals surface area contributed by atoms with E-state index in [1.54, 1.807) is 0 Å². The number of urea groups is 1. The number of nitrogens with zero attached hydrogens (tertiary/aromatic N) is 2. The predicted octanol–water partition coefficient (Wildman–Crippen LogP) is 3.52. The molecule has 1 saturated heterocycles. The highest BCUT2D eigenvalue weighted by Crippen LogP contribution is 2.18. The Bertz CT molecular complexity index is 699. The number of nitrogens with one attached hydrogen (secondary N) is 2. The van der Waals surface area contributed by atoms with Gasteiger partial charge in [0.25, 0.3) is 0 Å². The molecule has 1 aliphatic heterocycles. The van der Waals surface area contributed by atoms with E-state index in [-0.39, 0.29) is 6.03 Å². The van der Waals surface area contributed by atoms with Gasteiger partial charge in [-0.15, -0.1) is 0 Å². The van der Waals surface area contributed by atoms with Gasteiger partial charge in [-0.25, -0.2) is 9.78 Å². The molecule has 132 valence electrons. The van der Waals surface area contributed by atoms with E-state index in [9.17, 15) is 4.79 Å². The van der Waals surface area contributed by atoms with E-state index in [4.69, 9.17) is 0 Å². The van der Waals surface area contributed by atoms with Crippen molar-refractivity contribution in [3.8, 4) is 0 Å². The molecule has 2 amide bonds. The van der Waals surface area contributed by atoms with Crippen LogP contribution in [0.1, 0.15) is 18.1 Å². The second kappa shape index (κ2) is 8.76. The molecule has 6 heteroatoms. The average molecular weight is 356 g/mol. The first-order valence-corrected chi connectivity index (χ1v) is 9.81. The zero-order valence-electron chi connectivity index (χ0n) is 14.5. The SMILES string of the molecule is CCc1ccc(NC(=O)NCc2ccnc(N3CCSCC3)c2)cc1. The first kappa shape index (κ1) is 17.6. The van der Waals surface area contributed by atoms with Crippen LogP contribution in [0.2, 0.25) is 0 Å². The lowest BCUT2D eigenvalue weighted by Crippen LogP contribution is -2.33. The molecule has 2 N–H and O–H groups in total. The normalized spacial score (nSPS) is 14.2. The maximum absolute atomic E-state index is 12.1. The summed E-state index contributed by atoms with van der Waals surface area (Å²) in [6, 6.07) is 11.7. The monoisotopic (exact) mass is 356 g/mol. The summed E-state index contributed by atoms with van der Waals surface area (Å²) in [6.07, 6.45) is 2.81. The molecule has 0 aliphatic carbocycles. The molecule has 0 spiro atoms. The van der Waals surface area contributed by atoms with Crippen molar-refractivity contribution in [2.75, 3.05) is 34.8 Å². The number of thioether (sulfide) groups is 1. The zero-order chi connectivity index (χ0) is 17.5. The van der Waals surface area contributed by atoms with Gasteiger partial charge in [0.1, 0.15) is 5.82 Å². The molecule has 0 bridgehead atoms. The van der Waals surface area contributed by atoms with Crippen LogP contribution in [-0.2, 0) is 13.0 Å². The van der Waals surface area contributed by atoms with E-state index in [0.717, 1.165) is 48.1 Å². The first-order valence-electron chi connectivity index (χ1n) is 8.66. The number of benzene rings is 1. The summed E-state index contributed by atoms with van der Waals surface area (Å²) in [5, 5.41) is 5.77. The Labute approximate surface area is 153 Å². The molecule has 0 atom stereocenters. The van der Waals surface area contributed by atoms with Crippen LogP contribution in [0.15, 0.2) is 42.6 Å². The Morgan fingerprint density at radius 1 is 1.16 bits per heavy atom. The number of amides is 2. The van der Waals surface area contributed by atoms with E-state index >= 15 is 0 Å². The highest BCUT2D eigenvalue weighted by molar-refractivity contribution is 7.99. The average Bonchev–Trinajstić information content (AvgIpc) is 2.68. The van der Waals surface area contributed by atoms with Crippen molar-refractivity contribution in [1.82, 2.24) is 10.3 Å². The second-order valence-electron chi connectivity index (χ2n) is 5.98. The Hall–Kier alpha value is -2.21. The largest absolute Gasteiger partial charge is 0.355 e. The highest BCUT2D eigenvalue weighted by Gasteiger charge is 2.12. The minimum absolute atomic E-state index is 0.197. The lowest BCUT2D eigenvalue weighted by molar-refractivity contribution is 0.251. The van der Waals surface area contributed by atoms with Crippen LogP contribution in [-0.4, -0.2) is 35.6 Å². The van der Waals surface area contributed by atoms with Gasteiger partial charge in [-0.3, -0.25) is 0 Å². The topological polar surface area (TPSA) is 57.3 Å². The van der Waals surface area contributed by atoms with E-state index < -0.39 is 0 Å². The van der Waals surface area contributed by atoms with Crippen molar-refractivity contribution < 1.29 is 4.79 Å². The third kappa shape index (κ3) is 5.13. The fourth-order valence-corrected chi connectivity index (χ4v) is 3.62. The van der Waals surface area contributed by atoms with Crippen molar-refractivity contribution in [1.29, 1.82) is 0 Å². The van der Waals surface area contributed by atoms with Gasteiger partial charge in [0.2, 0.25) is 0 Å². The van der Waals surface area contributed by atoms with Gasteiger partial charge in [-0.05, 0) is 41.8 Å². The summed E-state index contributed by atoms with van der Waals surface area (Å²) in [5.74, 6) is 3.28. The standard InChI is InChI=1S/C19H24N4OS/c1-2-15-3-5-17(6-4-15)22-19(24)21-14-16-7-8-20-18(13-16)23-9-11-25-12-10-23/h3-8,13H,2,9-12,14H2,1H3,(H2,21,22,24). The zero-order valence-corrected chi connectivity index (χ0v) is 15.3. The van der Waals surface area contributed by atoms with Crippen LogP contribution in [0.25, 0.3) is 0 Å². The highest BCUT2D eigenvalue weighted by atomic mass is 32.2. The van der Waals surface area contributed by atoms with Crippen molar-refractivity contribution in [3.63, 3.8) is 0 Å². The molecule has 1 fully saturated rings. The number of aryl methyl sites for hydroxylation is 1. The summed E-state index contributed by atoms with van der Waals surface area (Å²) in [5.41, 5.74) is 3.11. The third-order valence-corrected chi connectivity index (χ3v) is 5.16. The van der Waals surface area contributed by atoms with Gasteiger partial charge in [0.05, 0.1) is 0 Å². The maximum atomic E-state index is 12.1. The number of aromatic nitrogens is 1. The minimum atomic E-state index is -0.197. The Kier molecular flexibility index (Phi) is 6.17. The molecule has 3 rings (SSSR count). The number of carbonyl (C=O) groups is 1. The van der Waals surface area contributed by atoms with E-state index in [0.29, 0.717) is 6.54 Å². The smallest absolute Gasteiger partial charge is 0.319 e. The number of hydrogen-bond acceptors (Lipinski definition) is 4. The first-order chi connectivity index (χ1) is 12.2. The summed E-state index contributed by atoms with van der Waals surface area (Å²) in [4.78, 5) is 18.8. The Balaban J connectivity index is 1.52. The van der Waals surface area contributed by atoms with Gasteiger partial charge in [-0.1, -0.05) is 19.1 Å². The van der Waals surface area contributed by atoms with Crippen molar-refractivity contribution in [2.24, 2.45) is 0 Å². The molecular formula is C19H24N4OS. The molecule has 1 aliphatic rings. The number of rotatable bonds is 5. The molecule has 25 heavy (non-hydrogen) atoms. The fraction of sp³-hybridized carbons (Fsp3) is 0.368. The summed E-state index contributed by atoms with van der Waals surface area (Å²) in [6.45, 7) is 4.66. The summed E-state index contributed by atoms with van der Waals surface area (Å²) < 4.78 is 0. The van der Waals surface area contributed by atoms with Gasteiger partial charge in [0.15, 0.2) is 0 Å². The molecule has 0 saturated carbocycles. The second-order valence-corrected chi connectivity index (χ2v) is 7.20. The number of pyridine rings is 1. The summed E-state index contributed by atoms with van der Waals surface area (Å²) >= 11 is 1.98. The quantitative estimate of drug-likeness (QED) is 0.861. The molecular weight excluding hydrogens is 332 g/mol. The lowest BCUT2D eigenvalue weighted by atomic mass is 10.1.